The quantitative estimate of drug-likeness (QED) is 0.897. The average Bonchev–Trinajstić information content (AvgIpc) is 2.42. The first-order valence-corrected chi connectivity index (χ1v) is 7.07. The van der Waals surface area contributed by atoms with Gasteiger partial charge in [-0.05, 0) is 32.4 Å². The summed E-state index contributed by atoms with van der Waals surface area (Å²) in [6.45, 7) is 4.34. The molecule has 0 saturated carbocycles. The lowest BCUT2D eigenvalue weighted by Gasteiger charge is -2.36. The molecule has 1 aliphatic rings. The average molecular weight is 277 g/mol. The maximum atomic E-state index is 11.6. The molecule has 20 heavy (non-hydrogen) atoms. The summed E-state index contributed by atoms with van der Waals surface area (Å²) in [5.74, 6) is -0.743. The van der Waals surface area contributed by atoms with Crippen LogP contribution in [-0.4, -0.2) is 42.8 Å². The molecule has 1 N–H and O–H groups in total. The highest BCUT2D eigenvalue weighted by Crippen LogP contribution is 2.30. The normalized spacial score (nSPS) is 22.9. The summed E-state index contributed by atoms with van der Waals surface area (Å²) in [6, 6.07) is 8.35. The molecule has 4 heteroatoms. The Morgan fingerprint density at radius 1 is 1.40 bits per heavy atom. The van der Waals surface area contributed by atoms with E-state index >= 15 is 0 Å². The number of hydrogen-bond acceptors (Lipinski definition) is 3. The van der Waals surface area contributed by atoms with Crippen LogP contribution in [-0.2, 0) is 16.1 Å². The van der Waals surface area contributed by atoms with Crippen LogP contribution in [0.15, 0.2) is 24.3 Å². The van der Waals surface area contributed by atoms with Crippen molar-refractivity contribution in [3.63, 3.8) is 0 Å². The molecule has 1 fully saturated rings. The first-order valence-electron chi connectivity index (χ1n) is 7.07. The minimum absolute atomic E-state index is 0.320. The van der Waals surface area contributed by atoms with Gasteiger partial charge in [0, 0.05) is 19.7 Å². The van der Waals surface area contributed by atoms with E-state index in [1.165, 1.54) is 11.1 Å². The smallest absolute Gasteiger partial charge is 0.313 e. The van der Waals surface area contributed by atoms with Crippen LogP contribution in [0.3, 0.4) is 0 Å². The zero-order valence-electron chi connectivity index (χ0n) is 12.3. The van der Waals surface area contributed by atoms with Crippen LogP contribution in [0.4, 0.5) is 0 Å². The second-order valence-corrected chi connectivity index (χ2v) is 5.90. The highest BCUT2D eigenvalue weighted by Gasteiger charge is 2.41. The van der Waals surface area contributed by atoms with Gasteiger partial charge >= 0.3 is 5.97 Å². The topological polar surface area (TPSA) is 49.8 Å². The largest absolute Gasteiger partial charge is 0.481 e. The molecule has 1 aliphatic heterocycles. The first-order chi connectivity index (χ1) is 9.52. The maximum Gasteiger partial charge on any atom is 0.313 e. The summed E-state index contributed by atoms with van der Waals surface area (Å²) in [5, 5.41) is 9.53. The molecule has 1 saturated heterocycles. The summed E-state index contributed by atoms with van der Waals surface area (Å²) >= 11 is 0. The van der Waals surface area contributed by atoms with Crippen molar-refractivity contribution in [1.82, 2.24) is 4.90 Å². The Morgan fingerprint density at radius 2 is 2.10 bits per heavy atom. The van der Waals surface area contributed by atoms with Gasteiger partial charge in [0.1, 0.15) is 5.41 Å². The van der Waals surface area contributed by atoms with E-state index in [0.29, 0.717) is 26.2 Å². The minimum Gasteiger partial charge on any atom is -0.481 e. The van der Waals surface area contributed by atoms with Gasteiger partial charge < -0.3 is 14.7 Å². The summed E-state index contributed by atoms with van der Waals surface area (Å²) in [7, 11) is 1.97. The molecular weight excluding hydrogens is 254 g/mol. The number of ether oxygens (including phenoxy) is 1. The van der Waals surface area contributed by atoms with E-state index in [0.717, 1.165) is 13.0 Å². The highest BCUT2D eigenvalue weighted by molar-refractivity contribution is 5.75. The minimum atomic E-state index is -0.752. The first kappa shape index (κ1) is 15.0. The Morgan fingerprint density at radius 3 is 2.65 bits per heavy atom. The van der Waals surface area contributed by atoms with E-state index in [1.807, 2.05) is 7.05 Å². The summed E-state index contributed by atoms with van der Waals surface area (Å²) in [5.41, 5.74) is 1.69. The van der Waals surface area contributed by atoms with Crippen molar-refractivity contribution in [2.24, 2.45) is 5.41 Å². The molecule has 0 bridgehead atoms. The fourth-order valence-electron chi connectivity index (χ4n) is 2.79. The van der Waals surface area contributed by atoms with E-state index in [4.69, 9.17) is 4.74 Å². The Balaban J connectivity index is 1.99. The number of carboxylic acid groups (broad SMARTS) is 1. The van der Waals surface area contributed by atoms with Gasteiger partial charge in [0.15, 0.2) is 0 Å². The molecule has 1 heterocycles. The molecule has 0 radical (unpaired) electrons. The lowest BCUT2D eigenvalue weighted by molar-refractivity contribution is -0.159. The molecule has 1 unspecified atom stereocenters. The predicted octanol–water partition coefficient (Wildman–Crippen LogP) is 2.31. The number of carboxylic acids is 1. The van der Waals surface area contributed by atoms with Crippen LogP contribution < -0.4 is 0 Å². The molecule has 0 amide bonds. The Kier molecular flexibility index (Phi) is 4.78. The van der Waals surface area contributed by atoms with Crippen LogP contribution in [0.1, 0.15) is 24.0 Å². The third-order valence-corrected chi connectivity index (χ3v) is 3.92. The molecule has 0 aromatic heterocycles. The molecule has 1 aromatic rings. The summed E-state index contributed by atoms with van der Waals surface area (Å²) < 4.78 is 5.41. The molecule has 4 nitrogen and oxygen atoms in total. The Bertz CT molecular complexity index is 449. The number of rotatable bonds is 5. The van der Waals surface area contributed by atoms with Crippen molar-refractivity contribution in [2.75, 3.05) is 26.8 Å². The maximum absolute atomic E-state index is 11.6. The highest BCUT2D eigenvalue weighted by atomic mass is 16.5. The molecule has 1 atom stereocenters. The van der Waals surface area contributed by atoms with Crippen molar-refractivity contribution < 1.29 is 14.6 Å². The van der Waals surface area contributed by atoms with Gasteiger partial charge in [-0.15, -0.1) is 0 Å². The van der Waals surface area contributed by atoms with Gasteiger partial charge in [-0.3, -0.25) is 4.79 Å². The molecule has 2 rings (SSSR count). The van der Waals surface area contributed by atoms with Crippen molar-refractivity contribution in [1.29, 1.82) is 0 Å². The molecule has 110 valence electrons. The number of nitrogens with zero attached hydrogens (tertiary/aromatic N) is 1. The van der Waals surface area contributed by atoms with E-state index < -0.39 is 11.4 Å². The van der Waals surface area contributed by atoms with Crippen molar-refractivity contribution in [3.8, 4) is 0 Å². The summed E-state index contributed by atoms with van der Waals surface area (Å²) in [4.78, 5) is 13.7. The van der Waals surface area contributed by atoms with Crippen LogP contribution >= 0.6 is 0 Å². The Hall–Kier alpha value is -1.39. The zero-order valence-corrected chi connectivity index (χ0v) is 12.3. The van der Waals surface area contributed by atoms with Gasteiger partial charge in [0.2, 0.25) is 0 Å². The van der Waals surface area contributed by atoms with Crippen molar-refractivity contribution >= 4 is 5.97 Å². The lowest BCUT2D eigenvalue weighted by Crippen LogP contribution is -2.47. The third kappa shape index (κ3) is 3.58. The number of hydrogen-bond donors (Lipinski definition) is 1. The van der Waals surface area contributed by atoms with Gasteiger partial charge in [0.05, 0.1) is 6.61 Å². The van der Waals surface area contributed by atoms with E-state index in [9.17, 15) is 9.90 Å². The zero-order chi connectivity index (χ0) is 14.6. The van der Waals surface area contributed by atoms with Crippen LogP contribution in [0.25, 0.3) is 0 Å². The number of carbonyl (C=O) groups is 1. The SMILES string of the molecule is Cc1ccc(CN(C)CC2(C(=O)O)CCCOC2)cc1. The lowest BCUT2D eigenvalue weighted by atomic mass is 9.82. The second-order valence-electron chi connectivity index (χ2n) is 5.90. The summed E-state index contributed by atoms with van der Waals surface area (Å²) in [6.07, 6.45) is 1.52. The van der Waals surface area contributed by atoms with Gasteiger partial charge in [-0.1, -0.05) is 29.8 Å². The van der Waals surface area contributed by atoms with E-state index in [2.05, 4.69) is 36.1 Å². The molecular formula is C16H23NO3. The predicted molar refractivity (Wildman–Crippen MR) is 77.6 cm³/mol. The number of benzene rings is 1. The Labute approximate surface area is 120 Å². The monoisotopic (exact) mass is 277 g/mol. The van der Waals surface area contributed by atoms with E-state index in [-0.39, 0.29) is 0 Å². The van der Waals surface area contributed by atoms with Crippen LogP contribution in [0, 0.1) is 12.3 Å². The standard InChI is InChI=1S/C16H23NO3/c1-13-4-6-14(7-5-13)10-17(2)11-16(15(18)19)8-3-9-20-12-16/h4-7H,3,8-12H2,1-2H3,(H,18,19). The fraction of sp³-hybridized carbons (Fsp3) is 0.562. The van der Waals surface area contributed by atoms with Gasteiger partial charge in [0.25, 0.3) is 0 Å². The fourth-order valence-corrected chi connectivity index (χ4v) is 2.79. The molecule has 1 aromatic carbocycles. The van der Waals surface area contributed by atoms with Crippen LogP contribution in [0.2, 0.25) is 0 Å². The number of aliphatic carboxylic acids is 1. The van der Waals surface area contributed by atoms with Crippen molar-refractivity contribution in [2.45, 2.75) is 26.3 Å². The molecule has 0 aliphatic carbocycles. The van der Waals surface area contributed by atoms with E-state index in [1.54, 1.807) is 0 Å². The number of aryl methyl sites for hydroxylation is 1. The molecule has 0 spiro atoms. The van der Waals surface area contributed by atoms with Gasteiger partial charge in [-0.25, -0.2) is 0 Å². The second kappa shape index (κ2) is 6.37. The van der Waals surface area contributed by atoms with Crippen LogP contribution in [0.5, 0.6) is 0 Å². The third-order valence-electron chi connectivity index (χ3n) is 3.92. The van der Waals surface area contributed by atoms with Gasteiger partial charge in [-0.2, -0.15) is 0 Å². The van der Waals surface area contributed by atoms with Crippen molar-refractivity contribution in [3.05, 3.63) is 35.4 Å².